The number of alkyl halides is 1. The van der Waals surface area contributed by atoms with Crippen LogP contribution in [0.5, 0.6) is 0 Å². The van der Waals surface area contributed by atoms with E-state index in [1.165, 1.54) is 5.56 Å². The lowest BCUT2D eigenvalue weighted by molar-refractivity contribution is 0.0506. The largest absolute Gasteiger partial charge is 0.476 e. The molecule has 0 aliphatic rings. The number of aromatic nitrogens is 12. The van der Waals surface area contributed by atoms with E-state index in [1.54, 1.807) is 112 Å². The van der Waals surface area contributed by atoms with E-state index in [2.05, 4.69) is 75.9 Å². The molecule has 0 bridgehead atoms. The Morgan fingerprint density at radius 3 is 1.29 bits per heavy atom. The zero-order valence-corrected chi connectivity index (χ0v) is 46.2. The Hall–Kier alpha value is -10.7. The third kappa shape index (κ3) is 13.6. The van der Waals surface area contributed by atoms with Crippen molar-refractivity contribution in [2.45, 2.75) is 32.3 Å². The maximum Gasteiger partial charge on any atom is 0.362 e. The number of halogens is 1. The summed E-state index contributed by atoms with van der Waals surface area (Å²) in [5.74, 6) is -2.74. The first kappa shape index (κ1) is 57.0. The molecule has 0 spiro atoms. The Morgan fingerprint density at radius 1 is 0.482 bits per heavy atom. The van der Waals surface area contributed by atoms with E-state index in [-0.39, 0.29) is 24.6 Å². The number of benzene rings is 6. The SMILES string of the molecule is BrCc1ccc(-n2cccn2)cc1.CCOC(=O)c1n[nH]c2ccccc2c1=O.CCOC(=O)c1nn(Cc2ccc(-n3cccn3)cc2)c2ccccc2c1=O.O=C(O)c1nn(Cc2ccc(-n3cccn3)cc2)c2ccccc2c1=O. The van der Waals surface area contributed by atoms with Crippen LogP contribution in [0.25, 0.3) is 49.8 Å². The van der Waals surface area contributed by atoms with Gasteiger partial charge in [-0.05, 0) is 122 Å². The lowest BCUT2D eigenvalue weighted by Crippen LogP contribution is -2.24. The highest BCUT2D eigenvalue weighted by molar-refractivity contribution is 9.08. The number of nitrogens with one attached hydrogen (secondary N) is 1. The highest BCUT2D eigenvalue weighted by Gasteiger charge is 2.20. The standard InChI is InChI=1S/C21H18N4O3.C19H14N4O3.C11H10N2O3.C10H9BrN2/c1-2-28-21(27)19-20(26)17-6-3-4-7-18(17)25(23-19)14-15-8-10-16(11-9-15)24-13-5-12-22-24;24-18-15-4-1-2-5-16(15)23(21-17(18)19(25)26)12-13-6-8-14(9-7-13)22-11-3-10-20-22;1-2-16-11(15)9-10(14)7-5-3-4-6-8(7)12-13-9;11-8-9-2-4-10(5-3-9)13-7-1-6-12-13/h3-13H,2,14H2,1H3;1-11H,12H2,(H,25,26);3-6H,2H2,1H3,(H,12,14);1-7H,8H2. The number of hydrogen-bond donors (Lipinski definition) is 2. The molecule has 0 amide bonds. The summed E-state index contributed by atoms with van der Waals surface area (Å²) in [5.41, 5.74) is 5.71. The van der Waals surface area contributed by atoms with Crippen LogP contribution in [0, 0.1) is 0 Å². The topological polar surface area (TPSA) is 259 Å². The maximum atomic E-state index is 12.6. The van der Waals surface area contributed by atoms with E-state index >= 15 is 0 Å². The maximum absolute atomic E-state index is 12.6. The summed E-state index contributed by atoms with van der Waals surface area (Å²) >= 11 is 3.41. The van der Waals surface area contributed by atoms with Gasteiger partial charge in [0.15, 0.2) is 0 Å². The third-order valence-corrected chi connectivity index (χ3v) is 13.1. The Morgan fingerprint density at radius 2 is 0.867 bits per heavy atom. The Bertz CT molecular complexity index is 4360. The second kappa shape index (κ2) is 26.9. The molecular weight excluding hydrogens is 1120 g/mol. The summed E-state index contributed by atoms with van der Waals surface area (Å²) in [7, 11) is 0. The summed E-state index contributed by atoms with van der Waals surface area (Å²) < 4.78 is 18.3. The van der Waals surface area contributed by atoms with Gasteiger partial charge in [-0.25, -0.2) is 28.4 Å². The number of hydrogen-bond acceptors (Lipinski definition) is 14. The van der Waals surface area contributed by atoms with Gasteiger partial charge < -0.3 is 14.6 Å². The molecule has 6 aromatic heterocycles. The van der Waals surface area contributed by atoms with Crippen LogP contribution in [0.15, 0.2) is 215 Å². The number of carboxylic acid groups (broad SMARTS) is 1. The van der Waals surface area contributed by atoms with Gasteiger partial charge in [0.25, 0.3) is 0 Å². The summed E-state index contributed by atoms with van der Waals surface area (Å²) in [6, 6.07) is 50.3. The summed E-state index contributed by atoms with van der Waals surface area (Å²) in [6.07, 6.45) is 10.9. The number of fused-ring (bicyclic) bond motifs is 3. The monoisotopic (exact) mass is 1170 g/mol. The fourth-order valence-electron chi connectivity index (χ4n) is 8.46. The van der Waals surface area contributed by atoms with Gasteiger partial charge in [0, 0.05) is 58.7 Å². The van der Waals surface area contributed by atoms with Crippen molar-refractivity contribution >= 4 is 66.5 Å². The zero-order valence-electron chi connectivity index (χ0n) is 44.6. The van der Waals surface area contributed by atoms with Gasteiger partial charge >= 0.3 is 17.9 Å². The molecule has 22 heteroatoms. The molecule has 0 unspecified atom stereocenters. The smallest absolute Gasteiger partial charge is 0.362 e. The predicted molar refractivity (Wildman–Crippen MR) is 315 cm³/mol. The molecule has 0 saturated carbocycles. The van der Waals surface area contributed by atoms with Crippen molar-refractivity contribution in [3.05, 3.63) is 265 Å². The molecule has 12 aromatic rings. The van der Waals surface area contributed by atoms with Crippen LogP contribution in [0.4, 0.5) is 0 Å². The van der Waals surface area contributed by atoms with Crippen molar-refractivity contribution in [3.63, 3.8) is 0 Å². The zero-order chi connectivity index (χ0) is 58.2. The molecule has 6 aromatic carbocycles. The van der Waals surface area contributed by atoms with Crippen LogP contribution in [-0.4, -0.2) is 95.3 Å². The molecule has 6 heterocycles. The van der Waals surface area contributed by atoms with Gasteiger partial charge in [0.2, 0.25) is 33.4 Å². The predicted octanol–water partition coefficient (Wildman–Crippen LogP) is 9.00. The average molecular weight is 1180 g/mol. The van der Waals surface area contributed by atoms with E-state index in [0.717, 1.165) is 33.5 Å². The number of nitrogens with zero attached hydrogens (tertiary/aromatic N) is 11. The highest BCUT2D eigenvalue weighted by atomic mass is 79.9. The molecule has 0 radical (unpaired) electrons. The van der Waals surface area contributed by atoms with Gasteiger partial charge in [0.05, 0.1) is 59.9 Å². The molecular formula is C61H51BrN12O9. The molecule has 83 heavy (non-hydrogen) atoms. The molecule has 2 N–H and O–H groups in total. The average Bonchev–Trinajstić information content (AvgIpc) is 4.13. The van der Waals surface area contributed by atoms with Crippen LogP contribution in [0.2, 0.25) is 0 Å². The summed E-state index contributed by atoms with van der Waals surface area (Å²) in [5, 5.41) is 38.6. The second-order valence-electron chi connectivity index (χ2n) is 17.9. The van der Waals surface area contributed by atoms with Crippen molar-refractivity contribution < 1.29 is 29.0 Å². The molecule has 12 rings (SSSR count). The number of aromatic carboxylic acids is 1. The lowest BCUT2D eigenvalue weighted by atomic mass is 10.1. The van der Waals surface area contributed by atoms with Gasteiger partial charge in [-0.3, -0.25) is 28.8 Å². The number of aromatic amines is 1. The minimum Gasteiger partial charge on any atom is -0.476 e. The number of carbonyl (C=O) groups is 3. The number of ether oxygens (including phenoxy) is 2. The van der Waals surface area contributed by atoms with Gasteiger partial charge in [0.1, 0.15) is 0 Å². The quantitative estimate of drug-likeness (QED) is 0.0806. The van der Waals surface area contributed by atoms with Crippen LogP contribution in [0.3, 0.4) is 0 Å². The van der Waals surface area contributed by atoms with E-state index in [4.69, 9.17) is 9.47 Å². The number of carbonyl (C=O) groups excluding carboxylic acids is 2. The number of H-pyrrole nitrogens is 1. The van der Waals surface area contributed by atoms with Crippen LogP contribution >= 0.6 is 15.9 Å². The van der Waals surface area contributed by atoms with Crippen molar-refractivity contribution in [2.24, 2.45) is 0 Å². The number of para-hydroxylation sites is 3. The Kier molecular flexibility index (Phi) is 18.5. The van der Waals surface area contributed by atoms with E-state index in [1.807, 2.05) is 102 Å². The second-order valence-corrected chi connectivity index (χ2v) is 18.4. The molecule has 0 aliphatic heterocycles. The Labute approximate surface area is 480 Å². The molecule has 0 saturated heterocycles. The number of rotatable bonds is 13. The normalized spacial score (nSPS) is 10.7. The highest BCUT2D eigenvalue weighted by Crippen LogP contribution is 2.17. The van der Waals surface area contributed by atoms with Gasteiger partial charge in [-0.1, -0.05) is 88.7 Å². The summed E-state index contributed by atoms with van der Waals surface area (Å²) in [6.45, 7) is 4.52. The molecule has 0 fully saturated rings. The number of esters is 2. The summed E-state index contributed by atoms with van der Waals surface area (Å²) in [4.78, 5) is 71.7. The minimum absolute atomic E-state index is 0.182. The van der Waals surface area contributed by atoms with Crippen LogP contribution in [0.1, 0.15) is 62.0 Å². The van der Waals surface area contributed by atoms with E-state index in [9.17, 15) is 33.9 Å². The van der Waals surface area contributed by atoms with Crippen LogP contribution in [-0.2, 0) is 27.9 Å². The first-order valence-corrected chi connectivity index (χ1v) is 26.9. The van der Waals surface area contributed by atoms with Crippen molar-refractivity contribution in [3.8, 4) is 17.1 Å². The van der Waals surface area contributed by atoms with Crippen molar-refractivity contribution in [2.75, 3.05) is 13.2 Å². The minimum atomic E-state index is -1.33. The van der Waals surface area contributed by atoms with Crippen LogP contribution < -0.4 is 16.3 Å². The first-order chi connectivity index (χ1) is 40.4. The lowest BCUT2D eigenvalue weighted by Gasteiger charge is -2.12. The van der Waals surface area contributed by atoms with E-state index in [0.29, 0.717) is 45.8 Å². The van der Waals surface area contributed by atoms with Gasteiger partial charge in [-0.2, -0.15) is 30.6 Å². The fourth-order valence-corrected chi connectivity index (χ4v) is 8.83. The molecule has 0 atom stereocenters. The first-order valence-electron chi connectivity index (χ1n) is 25.8. The van der Waals surface area contributed by atoms with E-state index < -0.39 is 39.9 Å². The van der Waals surface area contributed by atoms with Gasteiger partial charge in [-0.15, -0.1) is 0 Å². The molecule has 21 nitrogen and oxygen atoms in total. The van der Waals surface area contributed by atoms with Crippen molar-refractivity contribution in [1.82, 2.24) is 59.1 Å². The number of carboxylic acids is 1. The third-order valence-electron chi connectivity index (χ3n) is 12.5. The molecule has 0 aliphatic carbocycles. The molecule has 416 valence electrons. The fraction of sp³-hybridized carbons (Fsp3) is 0.115. The van der Waals surface area contributed by atoms with Crippen molar-refractivity contribution in [1.29, 1.82) is 0 Å². The Balaban J connectivity index is 0.000000139.